The van der Waals surface area contributed by atoms with E-state index in [2.05, 4.69) is 28.9 Å². The minimum atomic E-state index is -0.554. The second-order valence-electron chi connectivity index (χ2n) is 7.10. The molecule has 2 aliphatic rings. The van der Waals surface area contributed by atoms with Gasteiger partial charge in [-0.25, -0.2) is 0 Å². The SMILES string of the molecule is COc1cccc(C(C)N2CCC(O)(CN3CCOCC3)CC2)c1. The number of piperidine rings is 1. The summed E-state index contributed by atoms with van der Waals surface area (Å²) in [6.45, 7) is 8.32. The van der Waals surface area contributed by atoms with Crippen molar-refractivity contribution < 1.29 is 14.6 Å². The number of benzene rings is 1. The van der Waals surface area contributed by atoms with Crippen molar-refractivity contribution in [3.63, 3.8) is 0 Å². The Morgan fingerprint density at radius 2 is 1.92 bits per heavy atom. The van der Waals surface area contributed by atoms with Gasteiger partial charge in [-0.15, -0.1) is 0 Å². The third-order valence-corrected chi connectivity index (χ3v) is 5.47. The minimum Gasteiger partial charge on any atom is -0.497 e. The van der Waals surface area contributed by atoms with Gasteiger partial charge in [0.1, 0.15) is 5.75 Å². The number of nitrogens with zero attached hydrogens (tertiary/aromatic N) is 2. The van der Waals surface area contributed by atoms with E-state index >= 15 is 0 Å². The molecule has 24 heavy (non-hydrogen) atoms. The molecule has 0 saturated carbocycles. The number of hydrogen-bond acceptors (Lipinski definition) is 5. The van der Waals surface area contributed by atoms with Crippen molar-refractivity contribution in [3.05, 3.63) is 29.8 Å². The fourth-order valence-corrected chi connectivity index (χ4v) is 3.77. The topological polar surface area (TPSA) is 45.2 Å². The van der Waals surface area contributed by atoms with Gasteiger partial charge in [-0.2, -0.15) is 0 Å². The van der Waals surface area contributed by atoms with Crippen LogP contribution in [0.4, 0.5) is 0 Å². The summed E-state index contributed by atoms with van der Waals surface area (Å²) in [5, 5.41) is 10.9. The Kier molecular flexibility index (Phi) is 5.76. The van der Waals surface area contributed by atoms with Gasteiger partial charge in [0.05, 0.1) is 25.9 Å². The van der Waals surface area contributed by atoms with Crippen molar-refractivity contribution in [3.8, 4) is 5.75 Å². The average molecular weight is 334 g/mol. The molecule has 134 valence electrons. The summed E-state index contributed by atoms with van der Waals surface area (Å²) < 4.78 is 10.7. The van der Waals surface area contributed by atoms with Gasteiger partial charge in [0.2, 0.25) is 0 Å². The maximum absolute atomic E-state index is 10.9. The second-order valence-corrected chi connectivity index (χ2v) is 7.10. The Balaban J connectivity index is 1.55. The van der Waals surface area contributed by atoms with Crippen molar-refractivity contribution in [2.75, 3.05) is 53.0 Å². The fraction of sp³-hybridized carbons (Fsp3) is 0.684. The zero-order chi connectivity index (χ0) is 17.0. The summed E-state index contributed by atoms with van der Waals surface area (Å²) in [4.78, 5) is 4.80. The standard InChI is InChI=1S/C19H30N2O3/c1-16(17-4-3-5-18(14-17)23-2)21-8-6-19(22,7-9-21)15-20-10-12-24-13-11-20/h3-5,14,16,22H,6-13,15H2,1-2H3. The zero-order valence-corrected chi connectivity index (χ0v) is 14.9. The molecule has 2 aliphatic heterocycles. The van der Waals surface area contributed by atoms with E-state index in [1.807, 2.05) is 12.1 Å². The maximum atomic E-state index is 10.9. The van der Waals surface area contributed by atoms with Crippen LogP contribution in [0, 0.1) is 0 Å². The minimum absolute atomic E-state index is 0.341. The quantitative estimate of drug-likeness (QED) is 0.891. The third-order valence-electron chi connectivity index (χ3n) is 5.47. The number of β-amino-alcohol motifs (C(OH)–C–C–N with tert-alkyl or cyclic N) is 1. The number of ether oxygens (including phenoxy) is 2. The molecule has 5 nitrogen and oxygen atoms in total. The number of hydrogen-bond donors (Lipinski definition) is 1. The first kappa shape index (κ1) is 17.7. The Bertz CT molecular complexity index is 523. The molecule has 3 rings (SSSR count). The van der Waals surface area contributed by atoms with E-state index in [1.165, 1.54) is 5.56 Å². The summed E-state index contributed by atoms with van der Waals surface area (Å²) in [5.41, 5.74) is 0.718. The first-order valence-electron chi connectivity index (χ1n) is 9.00. The van der Waals surface area contributed by atoms with E-state index in [9.17, 15) is 5.11 Å². The normalized spacial score (nSPS) is 23.8. The Morgan fingerprint density at radius 1 is 1.21 bits per heavy atom. The van der Waals surface area contributed by atoms with Crippen LogP contribution in [0.2, 0.25) is 0 Å². The Morgan fingerprint density at radius 3 is 2.58 bits per heavy atom. The van der Waals surface area contributed by atoms with Gasteiger partial charge < -0.3 is 14.6 Å². The molecule has 0 spiro atoms. The van der Waals surface area contributed by atoms with Gasteiger partial charge in [0, 0.05) is 38.8 Å². The molecule has 1 aromatic rings. The predicted molar refractivity (Wildman–Crippen MR) is 94.4 cm³/mol. The molecule has 5 heteroatoms. The molecule has 1 aromatic carbocycles. The lowest BCUT2D eigenvalue weighted by atomic mass is 9.89. The van der Waals surface area contributed by atoms with Crippen LogP contribution in [0.3, 0.4) is 0 Å². The van der Waals surface area contributed by atoms with E-state index in [0.29, 0.717) is 6.04 Å². The number of likely N-dealkylation sites (tertiary alicyclic amines) is 1. The van der Waals surface area contributed by atoms with E-state index in [-0.39, 0.29) is 0 Å². The van der Waals surface area contributed by atoms with Gasteiger partial charge >= 0.3 is 0 Å². The predicted octanol–water partition coefficient (Wildman–Crippen LogP) is 1.92. The molecule has 2 fully saturated rings. The highest BCUT2D eigenvalue weighted by Gasteiger charge is 2.35. The molecule has 1 atom stereocenters. The highest BCUT2D eigenvalue weighted by Crippen LogP contribution is 2.30. The van der Waals surface area contributed by atoms with Crippen molar-refractivity contribution in [1.82, 2.24) is 9.80 Å². The lowest BCUT2D eigenvalue weighted by Crippen LogP contribution is -2.53. The molecule has 2 heterocycles. The molecule has 2 saturated heterocycles. The van der Waals surface area contributed by atoms with Gasteiger partial charge in [-0.3, -0.25) is 9.80 Å². The number of morpholine rings is 1. The van der Waals surface area contributed by atoms with Gasteiger partial charge in [0.15, 0.2) is 0 Å². The van der Waals surface area contributed by atoms with Crippen molar-refractivity contribution in [2.24, 2.45) is 0 Å². The van der Waals surface area contributed by atoms with E-state index in [0.717, 1.165) is 64.5 Å². The molecule has 1 N–H and O–H groups in total. The van der Waals surface area contributed by atoms with Crippen LogP contribution in [0.15, 0.2) is 24.3 Å². The fourth-order valence-electron chi connectivity index (χ4n) is 3.77. The van der Waals surface area contributed by atoms with Crippen LogP contribution in [0.25, 0.3) is 0 Å². The van der Waals surface area contributed by atoms with E-state index in [4.69, 9.17) is 9.47 Å². The number of methoxy groups -OCH3 is 1. The summed E-state index contributed by atoms with van der Waals surface area (Å²) >= 11 is 0. The molecular formula is C19H30N2O3. The van der Waals surface area contributed by atoms with Crippen LogP contribution in [-0.2, 0) is 4.74 Å². The van der Waals surface area contributed by atoms with Crippen molar-refractivity contribution in [1.29, 1.82) is 0 Å². The Labute approximate surface area is 145 Å². The van der Waals surface area contributed by atoms with Gasteiger partial charge in [-0.1, -0.05) is 12.1 Å². The highest BCUT2D eigenvalue weighted by molar-refractivity contribution is 5.30. The van der Waals surface area contributed by atoms with E-state index in [1.54, 1.807) is 7.11 Å². The lowest BCUT2D eigenvalue weighted by molar-refractivity contribution is -0.0684. The first-order chi connectivity index (χ1) is 11.6. The molecule has 0 aliphatic carbocycles. The zero-order valence-electron chi connectivity index (χ0n) is 14.9. The number of rotatable bonds is 5. The Hall–Kier alpha value is -1.14. The summed E-state index contributed by atoms with van der Waals surface area (Å²) in [7, 11) is 1.70. The lowest BCUT2D eigenvalue weighted by Gasteiger charge is -2.43. The molecular weight excluding hydrogens is 304 g/mol. The largest absolute Gasteiger partial charge is 0.497 e. The first-order valence-corrected chi connectivity index (χ1v) is 9.00. The summed E-state index contributed by atoms with van der Waals surface area (Å²) in [5.74, 6) is 0.903. The van der Waals surface area contributed by atoms with Crippen LogP contribution < -0.4 is 4.74 Å². The molecule has 0 amide bonds. The maximum Gasteiger partial charge on any atom is 0.119 e. The molecule has 1 unspecified atom stereocenters. The van der Waals surface area contributed by atoms with Crippen LogP contribution in [0.5, 0.6) is 5.75 Å². The monoisotopic (exact) mass is 334 g/mol. The smallest absolute Gasteiger partial charge is 0.119 e. The second kappa shape index (κ2) is 7.83. The third kappa shape index (κ3) is 4.28. The van der Waals surface area contributed by atoms with E-state index < -0.39 is 5.60 Å². The van der Waals surface area contributed by atoms with Gasteiger partial charge in [-0.05, 0) is 37.5 Å². The average Bonchev–Trinajstić information content (AvgIpc) is 2.62. The van der Waals surface area contributed by atoms with Gasteiger partial charge in [0.25, 0.3) is 0 Å². The molecule has 0 radical (unpaired) electrons. The van der Waals surface area contributed by atoms with Crippen molar-refractivity contribution >= 4 is 0 Å². The molecule has 0 aromatic heterocycles. The van der Waals surface area contributed by atoms with Crippen LogP contribution in [-0.4, -0.2) is 73.6 Å². The van der Waals surface area contributed by atoms with Crippen LogP contribution >= 0.6 is 0 Å². The molecule has 0 bridgehead atoms. The number of aliphatic hydroxyl groups is 1. The summed E-state index contributed by atoms with van der Waals surface area (Å²) in [6.07, 6.45) is 1.66. The highest BCUT2D eigenvalue weighted by atomic mass is 16.5. The summed E-state index contributed by atoms with van der Waals surface area (Å²) in [6, 6.07) is 8.63. The van der Waals surface area contributed by atoms with Crippen molar-refractivity contribution in [2.45, 2.75) is 31.4 Å². The van der Waals surface area contributed by atoms with Crippen LogP contribution in [0.1, 0.15) is 31.4 Å².